The van der Waals surface area contributed by atoms with E-state index in [1.54, 1.807) is 0 Å². The third-order valence-electron chi connectivity index (χ3n) is 3.41. The zero-order valence-corrected chi connectivity index (χ0v) is 10.9. The maximum atomic E-state index is 5.26. The maximum Gasteiger partial charge on any atom is 0.184 e. The first-order chi connectivity index (χ1) is 6.82. The van der Waals surface area contributed by atoms with Gasteiger partial charge in [-0.05, 0) is 42.8 Å². The van der Waals surface area contributed by atoms with Crippen molar-refractivity contribution in [2.45, 2.75) is 45.7 Å². The van der Waals surface area contributed by atoms with E-state index in [-0.39, 0.29) is 5.66 Å². The van der Waals surface area contributed by atoms with E-state index < -0.39 is 0 Å². The lowest BCUT2D eigenvalue weighted by molar-refractivity contribution is 0.0609. The highest BCUT2D eigenvalue weighted by atomic mass is 32.1. The molecule has 0 aromatic rings. The molecule has 1 spiro atoms. The molecule has 1 aliphatic heterocycles. The lowest BCUT2D eigenvalue weighted by Gasteiger charge is -2.45. The van der Waals surface area contributed by atoms with Gasteiger partial charge >= 0.3 is 0 Å². The fraction of sp³-hybridized carbons (Fsp3) is 0.909. The number of nitrogens with one attached hydrogen (secondary N) is 2. The zero-order chi connectivity index (χ0) is 11.3. The van der Waals surface area contributed by atoms with Crippen LogP contribution in [-0.2, 0) is 0 Å². The molecule has 86 valence electrons. The van der Waals surface area contributed by atoms with Crippen LogP contribution in [0, 0.1) is 11.3 Å². The summed E-state index contributed by atoms with van der Waals surface area (Å²) in [7, 11) is 1.98. The van der Waals surface area contributed by atoms with E-state index in [2.05, 4.69) is 31.5 Å². The Morgan fingerprint density at radius 3 is 2.53 bits per heavy atom. The minimum atomic E-state index is 0.00694. The molecule has 15 heavy (non-hydrogen) atoms. The van der Waals surface area contributed by atoms with Gasteiger partial charge in [-0.15, -0.1) is 0 Å². The van der Waals surface area contributed by atoms with Crippen LogP contribution in [0.4, 0.5) is 0 Å². The number of hydrogen-bond acceptors (Lipinski definition) is 2. The third-order valence-corrected chi connectivity index (χ3v) is 3.79. The molecule has 0 aromatic carbocycles. The molecule has 3 nitrogen and oxygen atoms in total. The Morgan fingerprint density at radius 2 is 2.07 bits per heavy atom. The molecule has 0 unspecified atom stereocenters. The van der Waals surface area contributed by atoms with Gasteiger partial charge in [0, 0.05) is 7.05 Å². The maximum absolute atomic E-state index is 5.26. The largest absolute Gasteiger partial charge is 0.342 e. The molecular formula is C11H21N3S. The van der Waals surface area contributed by atoms with Crippen molar-refractivity contribution in [3.8, 4) is 0 Å². The summed E-state index contributed by atoms with van der Waals surface area (Å²) in [4.78, 5) is 0. The molecule has 0 bridgehead atoms. The first-order valence-corrected chi connectivity index (χ1v) is 6.06. The Labute approximate surface area is 97.6 Å². The monoisotopic (exact) mass is 227 g/mol. The topological polar surface area (TPSA) is 27.3 Å². The van der Waals surface area contributed by atoms with Crippen molar-refractivity contribution in [2.75, 3.05) is 7.05 Å². The predicted molar refractivity (Wildman–Crippen MR) is 66.2 cm³/mol. The van der Waals surface area contributed by atoms with Gasteiger partial charge in [0.15, 0.2) is 5.11 Å². The van der Waals surface area contributed by atoms with Gasteiger partial charge in [0.05, 0.1) is 0 Å². The number of hydrogen-bond donors (Lipinski definition) is 2. The van der Waals surface area contributed by atoms with Crippen molar-refractivity contribution in [2.24, 2.45) is 11.3 Å². The van der Waals surface area contributed by atoms with Crippen LogP contribution in [0.15, 0.2) is 0 Å². The van der Waals surface area contributed by atoms with Crippen LogP contribution in [-0.4, -0.2) is 22.8 Å². The smallest absolute Gasteiger partial charge is 0.184 e. The summed E-state index contributed by atoms with van der Waals surface area (Å²) >= 11 is 5.26. The minimum Gasteiger partial charge on any atom is -0.342 e. The van der Waals surface area contributed by atoms with Crippen molar-refractivity contribution in [1.29, 1.82) is 0 Å². The summed E-state index contributed by atoms with van der Waals surface area (Å²) in [5, 5.41) is 6.20. The molecule has 2 N–H and O–H groups in total. The van der Waals surface area contributed by atoms with Gasteiger partial charge in [-0.2, -0.15) is 0 Å². The van der Waals surface area contributed by atoms with Crippen molar-refractivity contribution in [1.82, 2.24) is 15.8 Å². The second-order valence-corrected chi connectivity index (χ2v) is 6.42. The molecule has 1 saturated heterocycles. The van der Waals surface area contributed by atoms with E-state index in [1.807, 2.05) is 12.1 Å². The van der Waals surface area contributed by atoms with Gasteiger partial charge in [-0.25, -0.2) is 5.43 Å². The van der Waals surface area contributed by atoms with E-state index in [9.17, 15) is 0 Å². The van der Waals surface area contributed by atoms with Gasteiger partial charge in [0.25, 0.3) is 0 Å². The Hall–Kier alpha value is -0.350. The summed E-state index contributed by atoms with van der Waals surface area (Å²) < 4.78 is 0. The van der Waals surface area contributed by atoms with Crippen molar-refractivity contribution < 1.29 is 0 Å². The third kappa shape index (κ3) is 2.11. The van der Waals surface area contributed by atoms with Crippen LogP contribution in [0.1, 0.15) is 40.0 Å². The lowest BCUT2D eigenvalue weighted by Crippen LogP contribution is -2.57. The van der Waals surface area contributed by atoms with Crippen LogP contribution >= 0.6 is 12.2 Å². The van der Waals surface area contributed by atoms with Crippen molar-refractivity contribution >= 4 is 17.3 Å². The van der Waals surface area contributed by atoms with Crippen LogP contribution in [0.25, 0.3) is 0 Å². The Morgan fingerprint density at radius 1 is 1.40 bits per heavy atom. The van der Waals surface area contributed by atoms with E-state index in [0.29, 0.717) is 5.41 Å². The number of hydrazine groups is 1. The van der Waals surface area contributed by atoms with E-state index in [1.165, 1.54) is 6.42 Å². The van der Waals surface area contributed by atoms with E-state index in [0.717, 1.165) is 23.9 Å². The molecule has 1 aliphatic carbocycles. The molecule has 1 heterocycles. The van der Waals surface area contributed by atoms with E-state index >= 15 is 0 Å². The highest BCUT2D eigenvalue weighted by molar-refractivity contribution is 7.80. The molecule has 2 atom stereocenters. The fourth-order valence-corrected chi connectivity index (χ4v) is 3.68. The lowest BCUT2D eigenvalue weighted by atomic mass is 9.68. The summed E-state index contributed by atoms with van der Waals surface area (Å²) in [6.45, 7) is 7.01. The van der Waals surface area contributed by atoms with Crippen molar-refractivity contribution in [3.05, 3.63) is 0 Å². The molecule has 0 aromatic heterocycles. The van der Waals surface area contributed by atoms with E-state index in [4.69, 9.17) is 12.2 Å². The summed E-state index contributed by atoms with van der Waals surface area (Å²) in [5.74, 6) is 0.739. The SMILES string of the molecule is C[C@@H]1CC(C)(C)C[C@@]2(C1)NC(=S)N(C)N2. The van der Waals surface area contributed by atoms with Crippen molar-refractivity contribution in [3.63, 3.8) is 0 Å². The standard InChI is InChI=1S/C11H21N3S/c1-8-5-10(2,3)7-11(6-8)12-9(15)14(4)13-11/h8,13H,5-7H2,1-4H3,(H,12,15)/t8-,11+/m1/s1. The molecule has 0 amide bonds. The summed E-state index contributed by atoms with van der Waals surface area (Å²) in [6, 6.07) is 0. The average molecular weight is 227 g/mol. The highest BCUT2D eigenvalue weighted by Crippen LogP contribution is 2.43. The first-order valence-electron chi connectivity index (χ1n) is 5.66. The van der Waals surface area contributed by atoms with Crippen LogP contribution in [0.2, 0.25) is 0 Å². The number of nitrogens with zero attached hydrogens (tertiary/aromatic N) is 1. The molecule has 4 heteroatoms. The molecule has 2 aliphatic rings. The molecular weight excluding hydrogens is 206 g/mol. The number of thiocarbonyl (C=S) groups is 1. The van der Waals surface area contributed by atoms with Crippen LogP contribution in [0.3, 0.4) is 0 Å². The van der Waals surface area contributed by atoms with Crippen LogP contribution < -0.4 is 10.7 Å². The highest BCUT2D eigenvalue weighted by Gasteiger charge is 2.47. The van der Waals surface area contributed by atoms with Gasteiger partial charge in [0.2, 0.25) is 0 Å². The molecule has 0 radical (unpaired) electrons. The molecule has 2 fully saturated rings. The Balaban J connectivity index is 2.19. The second-order valence-electron chi connectivity index (χ2n) is 6.04. The average Bonchev–Trinajstić information content (AvgIpc) is 2.20. The summed E-state index contributed by atoms with van der Waals surface area (Å²) in [5.41, 5.74) is 3.88. The van der Waals surface area contributed by atoms with Gasteiger partial charge in [0.1, 0.15) is 5.66 Å². The normalized spacial score (nSPS) is 39.6. The molecule has 2 rings (SSSR count). The quantitative estimate of drug-likeness (QED) is 0.618. The first kappa shape index (κ1) is 11.1. The Bertz CT molecular complexity index is 290. The minimum absolute atomic E-state index is 0.00694. The van der Waals surface area contributed by atoms with Gasteiger partial charge < -0.3 is 5.32 Å². The zero-order valence-electron chi connectivity index (χ0n) is 10.1. The predicted octanol–water partition coefficient (Wildman–Crippen LogP) is 1.85. The summed E-state index contributed by atoms with van der Waals surface area (Å²) in [6.07, 6.45) is 3.59. The number of rotatable bonds is 0. The van der Waals surface area contributed by atoms with Gasteiger partial charge in [-0.1, -0.05) is 20.8 Å². The van der Waals surface area contributed by atoms with Crippen LogP contribution in [0.5, 0.6) is 0 Å². The molecule has 1 saturated carbocycles. The Kier molecular flexibility index (Phi) is 2.47. The second kappa shape index (κ2) is 3.32. The fourth-order valence-electron chi connectivity index (χ4n) is 3.44. The van der Waals surface area contributed by atoms with Gasteiger partial charge in [-0.3, -0.25) is 5.01 Å².